The van der Waals surface area contributed by atoms with E-state index in [-0.39, 0.29) is 12.4 Å². The van der Waals surface area contributed by atoms with E-state index >= 15 is 0 Å². The molecule has 0 unspecified atom stereocenters. The van der Waals surface area contributed by atoms with E-state index in [1.165, 1.54) is 17.6 Å². The van der Waals surface area contributed by atoms with Crippen molar-refractivity contribution in [3.63, 3.8) is 0 Å². The zero-order valence-electron chi connectivity index (χ0n) is 24.8. The highest BCUT2D eigenvalue weighted by Gasteiger charge is 2.18. The van der Waals surface area contributed by atoms with E-state index in [1.807, 2.05) is 55.5 Å². The third kappa shape index (κ3) is 8.08. The molecule has 0 aliphatic rings. The quantitative estimate of drug-likeness (QED) is 0.101. The van der Waals surface area contributed by atoms with Crippen molar-refractivity contribution < 1.29 is 23.4 Å². The van der Waals surface area contributed by atoms with Crippen LogP contribution in [0.2, 0.25) is 0 Å². The number of nitrogens with one attached hydrogen (secondary N) is 1. The van der Waals surface area contributed by atoms with Gasteiger partial charge in [0, 0.05) is 31.6 Å². The second-order valence-corrected chi connectivity index (χ2v) is 12.5. The molecule has 0 aliphatic carbocycles. The molecule has 0 fully saturated rings. The van der Waals surface area contributed by atoms with E-state index in [4.69, 9.17) is 18.6 Å². The van der Waals surface area contributed by atoms with Crippen molar-refractivity contribution in [3.05, 3.63) is 126 Å². The minimum atomic E-state index is -0.492. The van der Waals surface area contributed by atoms with Gasteiger partial charge in [-0.3, -0.25) is 4.79 Å². The maximum absolute atomic E-state index is 12.7. The molecule has 0 bridgehead atoms. The minimum absolute atomic E-state index is 0.117. The van der Waals surface area contributed by atoms with E-state index in [0.29, 0.717) is 50.7 Å². The highest BCUT2D eigenvalue weighted by Crippen LogP contribution is 2.43. The number of nitrogens with zero attached hydrogens (tertiary/aromatic N) is 2. The lowest BCUT2D eigenvalue weighted by atomic mass is 10.2. The zero-order chi connectivity index (χ0) is 31.9. The minimum Gasteiger partial charge on any atom is -0.490 e. The van der Waals surface area contributed by atoms with Gasteiger partial charge in [0.15, 0.2) is 17.3 Å². The third-order valence-corrected chi connectivity index (χ3v) is 9.43. The number of carbonyl (C=O) groups excluding carboxylic acids is 1. The zero-order valence-corrected chi connectivity index (χ0v) is 29.5. The number of halogens is 3. The smallest absolute Gasteiger partial charge is 0.307 e. The lowest BCUT2D eigenvalue weighted by Gasteiger charge is -2.16. The molecule has 0 radical (unpaired) electrons. The number of rotatable bonds is 12. The maximum Gasteiger partial charge on any atom is 0.307 e. The average Bonchev–Trinajstić information content (AvgIpc) is 3.65. The van der Waals surface area contributed by atoms with E-state index in [0.717, 1.165) is 15.7 Å². The second kappa shape index (κ2) is 15.0. The van der Waals surface area contributed by atoms with Crippen molar-refractivity contribution in [2.45, 2.75) is 34.0 Å². The highest BCUT2D eigenvalue weighted by molar-refractivity contribution is 9.13. The first-order valence-corrected chi connectivity index (χ1v) is 16.4. The molecule has 5 rings (SSSR count). The van der Waals surface area contributed by atoms with Crippen molar-refractivity contribution >= 4 is 59.9 Å². The van der Waals surface area contributed by atoms with Crippen LogP contribution in [-0.2, 0) is 13.2 Å². The Kier molecular flexibility index (Phi) is 10.9. The van der Waals surface area contributed by atoms with Crippen molar-refractivity contribution in [2.24, 2.45) is 5.10 Å². The van der Waals surface area contributed by atoms with E-state index in [9.17, 15) is 4.79 Å². The van der Waals surface area contributed by atoms with E-state index in [1.54, 1.807) is 18.2 Å². The Morgan fingerprint density at radius 1 is 0.867 bits per heavy atom. The first-order chi connectivity index (χ1) is 21.7. The largest absolute Gasteiger partial charge is 0.490 e. The molecule has 45 heavy (non-hydrogen) atoms. The van der Waals surface area contributed by atoms with Crippen LogP contribution < -0.4 is 19.6 Å². The Morgan fingerprint density at radius 2 is 1.58 bits per heavy atom. The summed E-state index contributed by atoms with van der Waals surface area (Å²) in [6.07, 6.45) is 1.51. The molecule has 3 aromatic carbocycles. The molecule has 1 amide bonds. The van der Waals surface area contributed by atoms with Gasteiger partial charge in [0.2, 0.25) is 0 Å². The van der Waals surface area contributed by atoms with Gasteiger partial charge in [0.05, 0.1) is 17.3 Å². The number of benzene rings is 3. The summed E-state index contributed by atoms with van der Waals surface area (Å²) >= 11 is 10.7. The monoisotopic (exact) mass is 797 g/mol. The lowest BCUT2D eigenvalue weighted by Crippen LogP contribution is -2.16. The van der Waals surface area contributed by atoms with Gasteiger partial charge in [0.1, 0.15) is 24.7 Å². The Balaban J connectivity index is 1.18. The van der Waals surface area contributed by atoms with Crippen molar-refractivity contribution in [2.75, 3.05) is 6.61 Å². The fourth-order valence-corrected chi connectivity index (χ4v) is 5.75. The number of aryl methyl sites for hydroxylation is 2. The first-order valence-electron chi connectivity index (χ1n) is 14.1. The summed E-state index contributed by atoms with van der Waals surface area (Å²) in [6, 6.07) is 25.0. The molecule has 11 heteroatoms. The Morgan fingerprint density at radius 3 is 2.27 bits per heavy atom. The molecule has 0 atom stereocenters. The number of hydrogen-bond acceptors (Lipinski definition) is 6. The van der Waals surface area contributed by atoms with Gasteiger partial charge in [-0.2, -0.15) is 5.10 Å². The van der Waals surface area contributed by atoms with Crippen LogP contribution in [0.5, 0.6) is 17.2 Å². The topological polar surface area (TPSA) is 87.2 Å². The van der Waals surface area contributed by atoms with E-state index in [2.05, 4.69) is 88.9 Å². The van der Waals surface area contributed by atoms with Gasteiger partial charge < -0.3 is 23.2 Å². The number of carbonyl (C=O) groups is 1. The highest BCUT2D eigenvalue weighted by atomic mass is 79.9. The predicted octanol–water partition coefficient (Wildman–Crippen LogP) is 9.30. The van der Waals surface area contributed by atoms with Crippen molar-refractivity contribution in [1.82, 2.24) is 9.99 Å². The number of hydrazone groups is 1. The van der Waals surface area contributed by atoms with Crippen LogP contribution in [0.15, 0.2) is 102 Å². The SMILES string of the molecule is CCOc1cc(/C=N/NC(=O)c2ccc(COc3ccc(-n4c(C)ccc4C)cc3)o2)c(Br)c(Br)c1OCc1ccc(Br)cc1. The van der Waals surface area contributed by atoms with E-state index < -0.39 is 5.91 Å². The van der Waals surface area contributed by atoms with Crippen LogP contribution in [0, 0.1) is 13.8 Å². The molecule has 1 N–H and O–H groups in total. The van der Waals surface area contributed by atoms with Crippen LogP contribution >= 0.6 is 47.8 Å². The molecule has 0 saturated heterocycles. The molecule has 5 aromatic rings. The summed E-state index contributed by atoms with van der Waals surface area (Å²) in [5.74, 6) is 1.93. The van der Waals surface area contributed by atoms with Crippen LogP contribution in [0.1, 0.15) is 45.8 Å². The summed E-state index contributed by atoms with van der Waals surface area (Å²) in [6.45, 7) is 7.02. The van der Waals surface area contributed by atoms with Gasteiger partial charge in [-0.05, 0) is 125 Å². The number of hydrogen-bond donors (Lipinski definition) is 1. The Bertz CT molecular complexity index is 1790. The Labute approximate surface area is 286 Å². The van der Waals surface area contributed by atoms with Gasteiger partial charge in [-0.1, -0.05) is 28.1 Å². The molecule has 0 aliphatic heterocycles. The number of furan rings is 1. The lowest BCUT2D eigenvalue weighted by molar-refractivity contribution is 0.0923. The second-order valence-electron chi connectivity index (χ2n) is 9.97. The third-order valence-electron chi connectivity index (χ3n) is 6.75. The van der Waals surface area contributed by atoms with Crippen LogP contribution in [0.25, 0.3) is 5.69 Å². The molecule has 2 heterocycles. The molecule has 0 saturated carbocycles. The van der Waals surface area contributed by atoms with Gasteiger partial charge in [0.25, 0.3) is 0 Å². The van der Waals surface area contributed by atoms with Crippen LogP contribution in [0.4, 0.5) is 0 Å². The summed E-state index contributed by atoms with van der Waals surface area (Å²) in [5.41, 5.74) is 7.58. The molecular weight excluding hydrogens is 770 g/mol. The van der Waals surface area contributed by atoms with Gasteiger partial charge in [-0.25, -0.2) is 5.43 Å². The summed E-state index contributed by atoms with van der Waals surface area (Å²) in [5, 5.41) is 4.13. The van der Waals surface area contributed by atoms with Gasteiger partial charge >= 0.3 is 5.91 Å². The maximum atomic E-state index is 12.7. The van der Waals surface area contributed by atoms with Crippen LogP contribution in [-0.4, -0.2) is 23.3 Å². The Hall–Kier alpha value is -3.80. The molecule has 0 spiro atoms. The number of amides is 1. The molecule has 2 aromatic heterocycles. The summed E-state index contributed by atoms with van der Waals surface area (Å²) in [7, 11) is 0. The summed E-state index contributed by atoms with van der Waals surface area (Å²) < 4.78 is 28.1. The number of ether oxygens (including phenoxy) is 3. The normalized spacial score (nSPS) is 11.2. The number of aromatic nitrogens is 1. The molecular formula is C34H30Br3N3O5. The van der Waals surface area contributed by atoms with Crippen molar-refractivity contribution in [3.8, 4) is 22.9 Å². The van der Waals surface area contributed by atoms with Gasteiger partial charge in [-0.15, -0.1) is 0 Å². The predicted molar refractivity (Wildman–Crippen MR) is 185 cm³/mol. The fraction of sp³-hybridized carbons (Fsp3) is 0.176. The standard InChI is InChI=1S/C34H30Br3N3O5/c1-4-42-30-17-24(31(36)32(37)33(30)44-19-23-7-9-25(35)10-8-23)18-38-39-34(41)29-16-15-28(45-29)20-43-27-13-11-26(12-14-27)40-21(2)5-6-22(40)3/h5-18H,4,19-20H2,1-3H3,(H,39,41)/b38-18+. The average molecular weight is 800 g/mol. The molecule has 8 nitrogen and oxygen atoms in total. The fourth-order valence-electron chi connectivity index (χ4n) is 4.55. The van der Waals surface area contributed by atoms with Crippen molar-refractivity contribution in [1.29, 1.82) is 0 Å². The summed E-state index contributed by atoms with van der Waals surface area (Å²) in [4.78, 5) is 12.7. The van der Waals surface area contributed by atoms with Crippen LogP contribution in [0.3, 0.4) is 0 Å². The molecule has 232 valence electrons. The first kappa shape index (κ1) is 32.6.